The van der Waals surface area contributed by atoms with Crippen LogP contribution in [0.3, 0.4) is 0 Å². The van der Waals surface area contributed by atoms with E-state index >= 15 is 0 Å². The normalized spacial score (nSPS) is 11.6. The second-order valence-electron chi connectivity index (χ2n) is 6.10. The molecule has 0 radical (unpaired) electrons. The first-order chi connectivity index (χ1) is 12.2. The van der Waals surface area contributed by atoms with Crippen molar-refractivity contribution in [1.82, 2.24) is 9.62 Å². The predicted octanol–water partition coefficient (Wildman–Crippen LogP) is 2.74. The number of anilines is 1. The molecular weight excluding hydrogens is 374 g/mol. The first kappa shape index (κ1) is 20.4. The van der Waals surface area contributed by atoms with Crippen molar-refractivity contribution in [3.8, 4) is 0 Å². The van der Waals surface area contributed by atoms with E-state index in [1.54, 1.807) is 37.3 Å². The second kappa shape index (κ2) is 8.64. The first-order valence-electron chi connectivity index (χ1n) is 8.01. The highest BCUT2D eigenvalue weighted by Crippen LogP contribution is 2.23. The Labute approximate surface area is 159 Å². The average Bonchev–Trinajstić information content (AvgIpc) is 2.58. The lowest BCUT2D eigenvalue weighted by molar-refractivity contribution is 0.102. The van der Waals surface area contributed by atoms with Crippen molar-refractivity contribution < 1.29 is 13.2 Å². The van der Waals surface area contributed by atoms with Gasteiger partial charge in [-0.05, 0) is 56.9 Å². The van der Waals surface area contributed by atoms with E-state index in [0.717, 1.165) is 5.56 Å². The molecule has 0 aliphatic rings. The SMILES string of the molecule is Cc1c(Cl)cccc1NC(=O)c1cccc(S(=O)(=O)NCCN(C)C)c1. The van der Waals surface area contributed by atoms with Gasteiger partial charge >= 0.3 is 0 Å². The minimum Gasteiger partial charge on any atom is -0.322 e. The number of amides is 1. The molecule has 0 bridgehead atoms. The molecule has 26 heavy (non-hydrogen) atoms. The molecule has 0 aromatic heterocycles. The number of sulfonamides is 1. The van der Waals surface area contributed by atoms with Crippen molar-refractivity contribution in [3.05, 3.63) is 58.6 Å². The first-order valence-corrected chi connectivity index (χ1v) is 9.88. The van der Waals surface area contributed by atoms with Gasteiger partial charge in [-0.1, -0.05) is 23.7 Å². The van der Waals surface area contributed by atoms with E-state index in [0.29, 0.717) is 17.3 Å². The summed E-state index contributed by atoms with van der Waals surface area (Å²) >= 11 is 6.06. The zero-order valence-corrected chi connectivity index (χ0v) is 16.5. The van der Waals surface area contributed by atoms with Gasteiger partial charge < -0.3 is 10.2 Å². The van der Waals surface area contributed by atoms with Gasteiger partial charge in [0.25, 0.3) is 5.91 Å². The predicted molar refractivity (Wildman–Crippen MR) is 104 cm³/mol. The Kier molecular flexibility index (Phi) is 6.77. The van der Waals surface area contributed by atoms with Crippen molar-refractivity contribution in [2.24, 2.45) is 0 Å². The largest absolute Gasteiger partial charge is 0.322 e. The van der Waals surface area contributed by atoms with E-state index in [4.69, 9.17) is 11.6 Å². The molecule has 0 spiro atoms. The Morgan fingerprint density at radius 3 is 2.54 bits per heavy atom. The molecule has 0 heterocycles. The third kappa shape index (κ3) is 5.28. The molecule has 0 aliphatic carbocycles. The van der Waals surface area contributed by atoms with Crippen LogP contribution in [0.2, 0.25) is 5.02 Å². The van der Waals surface area contributed by atoms with Crippen LogP contribution in [-0.4, -0.2) is 46.4 Å². The maximum absolute atomic E-state index is 12.5. The lowest BCUT2D eigenvalue weighted by Gasteiger charge is -2.12. The second-order valence-corrected chi connectivity index (χ2v) is 8.27. The molecule has 0 atom stereocenters. The summed E-state index contributed by atoms with van der Waals surface area (Å²) in [6, 6.07) is 11.1. The lowest BCUT2D eigenvalue weighted by atomic mass is 10.1. The third-order valence-corrected chi connectivity index (χ3v) is 5.64. The maximum Gasteiger partial charge on any atom is 0.255 e. The van der Waals surface area contributed by atoms with E-state index in [2.05, 4.69) is 10.0 Å². The Bertz CT molecular complexity index is 898. The van der Waals surface area contributed by atoms with Crippen LogP contribution in [0.5, 0.6) is 0 Å². The number of carbonyl (C=O) groups excluding carboxylic acids is 1. The Balaban J connectivity index is 2.17. The minimum atomic E-state index is -3.68. The van der Waals surface area contributed by atoms with Crippen LogP contribution in [-0.2, 0) is 10.0 Å². The molecule has 2 aromatic rings. The van der Waals surface area contributed by atoms with Crippen LogP contribution in [0.4, 0.5) is 5.69 Å². The molecule has 6 nitrogen and oxygen atoms in total. The van der Waals surface area contributed by atoms with Crippen LogP contribution in [0.1, 0.15) is 15.9 Å². The van der Waals surface area contributed by atoms with Crippen molar-refractivity contribution >= 4 is 33.2 Å². The number of halogens is 1. The van der Waals surface area contributed by atoms with Crippen molar-refractivity contribution in [3.63, 3.8) is 0 Å². The quantitative estimate of drug-likeness (QED) is 0.755. The van der Waals surface area contributed by atoms with Crippen molar-refractivity contribution in [1.29, 1.82) is 0 Å². The molecular formula is C18H22ClN3O3S. The summed E-state index contributed by atoms with van der Waals surface area (Å²) in [4.78, 5) is 14.4. The van der Waals surface area contributed by atoms with Crippen LogP contribution < -0.4 is 10.0 Å². The summed E-state index contributed by atoms with van der Waals surface area (Å²) in [5.74, 6) is -0.402. The van der Waals surface area contributed by atoms with Gasteiger partial charge in [-0.15, -0.1) is 0 Å². The molecule has 0 saturated carbocycles. The molecule has 2 N–H and O–H groups in total. The Morgan fingerprint density at radius 1 is 1.15 bits per heavy atom. The highest BCUT2D eigenvalue weighted by atomic mass is 35.5. The molecule has 0 aliphatic heterocycles. The molecule has 8 heteroatoms. The lowest BCUT2D eigenvalue weighted by Crippen LogP contribution is -2.31. The fraction of sp³-hybridized carbons (Fsp3) is 0.278. The summed E-state index contributed by atoms with van der Waals surface area (Å²) < 4.78 is 27.3. The van der Waals surface area contributed by atoms with Crippen LogP contribution in [0.25, 0.3) is 0 Å². The highest BCUT2D eigenvalue weighted by molar-refractivity contribution is 7.89. The maximum atomic E-state index is 12.5. The summed E-state index contributed by atoms with van der Waals surface area (Å²) in [6.07, 6.45) is 0. The molecule has 2 aromatic carbocycles. The molecule has 0 unspecified atom stereocenters. The fourth-order valence-electron chi connectivity index (χ4n) is 2.23. The number of hydrogen-bond acceptors (Lipinski definition) is 4. The zero-order valence-electron chi connectivity index (χ0n) is 14.9. The number of rotatable bonds is 7. The van der Waals surface area contributed by atoms with Gasteiger partial charge in [-0.2, -0.15) is 0 Å². The summed E-state index contributed by atoms with van der Waals surface area (Å²) in [5.41, 5.74) is 1.58. The van der Waals surface area contributed by atoms with Gasteiger partial charge in [0, 0.05) is 29.4 Å². The van der Waals surface area contributed by atoms with Gasteiger partial charge in [-0.25, -0.2) is 13.1 Å². The van der Waals surface area contributed by atoms with Crippen molar-refractivity contribution in [2.45, 2.75) is 11.8 Å². The molecule has 0 saturated heterocycles. The van der Waals surface area contributed by atoms with E-state index in [-0.39, 0.29) is 17.0 Å². The number of hydrogen-bond donors (Lipinski definition) is 2. The number of nitrogens with zero attached hydrogens (tertiary/aromatic N) is 1. The van der Waals surface area contributed by atoms with E-state index in [9.17, 15) is 13.2 Å². The van der Waals surface area contributed by atoms with Crippen LogP contribution in [0, 0.1) is 6.92 Å². The topological polar surface area (TPSA) is 78.5 Å². The van der Waals surface area contributed by atoms with Gasteiger partial charge in [0.1, 0.15) is 0 Å². The summed E-state index contributed by atoms with van der Waals surface area (Å²) in [6.45, 7) is 2.66. The number of nitrogens with one attached hydrogen (secondary N) is 2. The molecule has 140 valence electrons. The van der Waals surface area contributed by atoms with Gasteiger partial charge in [0.05, 0.1) is 4.90 Å². The average molecular weight is 396 g/mol. The van der Waals surface area contributed by atoms with Gasteiger partial charge in [-0.3, -0.25) is 4.79 Å². The Morgan fingerprint density at radius 2 is 1.85 bits per heavy atom. The third-order valence-electron chi connectivity index (χ3n) is 3.77. The summed E-state index contributed by atoms with van der Waals surface area (Å²) in [5, 5.41) is 3.30. The molecule has 0 fully saturated rings. The van der Waals surface area contributed by atoms with Crippen molar-refractivity contribution in [2.75, 3.05) is 32.5 Å². The van der Waals surface area contributed by atoms with Crippen LogP contribution in [0.15, 0.2) is 47.4 Å². The van der Waals surface area contributed by atoms with Gasteiger partial charge in [0.2, 0.25) is 10.0 Å². The standard InChI is InChI=1S/C18H22ClN3O3S/c1-13-16(19)8-5-9-17(13)21-18(23)14-6-4-7-15(12-14)26(24,25)20-10-11-22(2)3/h4-9,12,20H,10-11H2,1-3H3,(H,21,23). The van der Waals surface area contributed by atoms with E-state index in [1.165, 1.54) is 12.1 Å². The monoisotopic (exact) mass is 395 g/mol. The van der Waals surface area contributed by atoms with Crippen LogP contribution >= 0.6 is 11.6 Å². The fourth-order valence-corrected chi connectivity index (χ4v) is 3.47. The Hall–Kier alpha value is -1.93. The van der Waals surface area contributed by atoms with Gasteiger partial charge in [0.15, 0.2) is 0 Å². The smallest absolute Gasteiger partial charge is 0.255 e. The van der Waals surface area contributed by atoms with E-state index in [1.807, 2.05) is 19.0 Å². The highest BCUT2D eigenvalue weighted by Gasteiger charge is 2.16. The van der Waals surface area contributed by atoms with E-state index < -0.39 is 15.9 Å². The number of benzene rings is 2. The number of likely N-dealkylation sites (N-methyl/N-ethyl adjacent to an activating group) is 1. The minimum absolute atomic E-state index is 0.0479. The number of carbonyl (C=O) groups is 1. The zero-order chi connectivity index (χ0) is 19.3. The molecule has 1 amide bonds. The molecule has 2 rings (SSSR count). The summed E-state index contributed by atoms with van der Waals surface area (Å²) in [7, 11) is 0.0390.